The minimum Gasteiger partial charge on any atom is -0.467 e. The van der Waals surface area contributed by atoms with E-state index < -0.39 is 11.9 Å². The molecule has 25 heavy (non-hydrogen) atoms. The summed E-state index contributed by atoms with van der Waals surface area (Å²) >= 11 is 0. The van der Waals surface area contributed by atoms with Gasteiger partial charge >= 0.3 is 5.97 Å². The second-order valence-electron chi connectivity index (χ2n) is 5.78. The number of benzene rings is 1. The summed E-state index contributed by atoms with van der Waals surface area (Å²) < 4.78 is 9.96. The number of esters is 1. The maximum Gasteiger partial charge on any atom is 0.339 e. The van der Waals surface area contributed by atoms with Gasteiger partial charge in [-0.3, -0.25) is 9.59 Å². The largest absolute Gasteiger partial charge is 0.467 e. The van der Waals surface area contributed by atoms with Crippen LogP contribution < -0.4 is 5.32 Å². The Bertz CT molecular complexity index is 785. The maximum absolute atomic E-state index is 12.5. The van der Waals surface area contributed by atoms with E-state index in [1.807, 2.05) is 0 Å². The van der Waals surface area contributed by atoms with E-state index in [-0.39, 0.29) is 23.8 Å². The van der Waals surface area contributed by atoms with E-state index in [0.29, 0.717) is 24.5 Å². The molecule has 0 saturated carbocycles. The number of carbonyl (C=O) groups is 3. The zero-order chi connectivity index (χ0) is 17.8. The fourth-order valence-corrected chi connectivity index (χ4v) is 2.81. The summed E-state index contributed by atoms with van der Waals surface area (Å²) in [6.07, 6.45) is 1.68. The molecule has 130 valence electrons. The van der Waals surface area contributed by atoms with Crippen LogP contribution in [0.3, 0.4) is 0 Å². The number of furan rings is 1. The van der Waals surface area contributed by atoms with Gasteiger partial charge in [0, 0.05) is 13.0 Å². The van der Waals surface area contributed by atoms with Gasteiger partial charge in [-0.25, -0.2) is 4.79 Å². The standard InChI is InChI=1S/C18H18N2O5/c1-24-18(23)14-6-2-3-7-15(14)19-17(22)12-9-16(21)20(10-12)11-13-5-4-8-25-13/h2-8,12H,9-11H2,1H3,(H,19,22)/t12-/m1/s1. The van der Waals surface area contributed by atoms with Crippen molar-refractivity contribution in [2.24, 2.45) is 5.92 Å². The van der Waals surface area contributed by atoms with Gasteiger partial charge in [-0.05, 0) is 24.3 Å². The average Bonchev–Trinajstić information content (AvgIpc) is 3.25. The topological polar surface area (TPSA) is 88.8 Å². The molecule has 0 radical (unpaired) electrons. The van der Waals surface area contributed by atoms with Crippen LogP contribution in [0.4, 0.5) is 5.69 Å². The van der Waals surface area contributed by atoms with E-state index in [9.17, 15) is 14.4 Å². The number of amides is 2. The van der Waals surface area contributed by atoms with E-state index in [1.54, 1.807) is 47.6 Å². The zero-order valence-electron chi connectivity index (χ0n) is 13.7. The Morgan fingerprint density at radius 1 is 1.28 bits per heavy atom. The lowest BCUT2D eigenvalue weighted by atomic mass is 10.1. The van der Waals surface area contributed by atoms with Crippen LogP contribution in [0.15, 0.2) is 47.1 Å². The number of ether oxygens (including phenoxy) is 1. The first-order chi connectivity index (χ1) is 12.1. The smallest absolute Gasteiger partial charge is 0.339 e. The molecule has 1 atom stereocenters. The number of rotatable bonds is 5. The second-order valence-corrected chi connectivity index (χ2v) is 5.78. The molecule has 1 saturated heterocycles. The molecule has 0 unspecified atom stereocenters. The van der Waals surface area contributed by atoms with Crippen molar-refractivity contribution in [3.63, 3.8) is 0 Å². The summed E-state index contributed by atoms with van der Waals surface area (Å²) in [7, 11) is 1.28. The summed E-state index contributed by atoms with van der Waals surface area (Å²) in [5.74, 6) is -0.735. The predicted molar refractivity (Wildman–Crippen MR) is 88.6 cm³/mol. The van der Waals surface area contributed by atoms with Gasteiger partial charge in [0.2, 0.25) is 11.8 Å². The van der Waals surface area contributed by atoms with Crippen molar-refractivity contribution in [1.82, 2.24) is 4.90 Å². The Kier molecular flexibility index (Phi) is 4.83. The summed E-state index contributed by atoms with van der Waals surface area (Å²) in [6.45, 7) is 0.653. The first-order valence-corrected chi connectivity index (χ1v) is 7.87. The normalized spacial score (nSPS) is 16.8. The second kappa shape index (κ2) is 7.21. The molecule has 1 N–H and O–H groups in total. The Hall–Kier alpha value is -3.09. The van der Waals surface area contributed by atoms with Crippen molar-refractivity contribution in [2.75, 3.05) is 19.0 Å². The Morgan fingerprint density at radius 2 is 2.08 bits per heavy atom. The van der Waals surface area contributed by atoms with Crippen molar-refractivity contribution in [3.8, 4) is 0 Å². The van der Waals surface area contributed by atoms with Gasteiger partial charge in [0.25, 0.3) is 0 Å². The summed E-state index contributed by atoms with van der Waals surface area (Å²) in [6, 6.07) is 10.1. The quantitative estimate of drug-likeness (QED) is 0.840. The van der Waals surface area contributed by atoms with Gasteiger partial charge < -0.3 is 19.4 Å². The average molecular weight is 342 g/mol. The molecule has 1 aliphatic heterocycles. The van der Waals surface area contributed by atoms with Crippen molar-refractivity contribution < 1.29 is 23.5 Å². The molecule has 1 fully saturated rings. The highest BCUT2D eigenvalue weighted by atomic mass is 16.5. The lowest BCUT2D eigenvalue weighted by molar-refractivity contribution is -0.128. The molecule has 2 amide bonds. The fraction of sp³-hybridized carbons (Fsp3) is 0.278. The Labute approximate surface area is 144 Å². The molecule has 0 spiro atoms. The minimum absolute atomic E-state index is 0.0993. The third-order valence-corrected chi connectivity index (χ3v) is 4.10. The Morgan fingerprint density at radius 3 is 2.80 bits per heavy atom. The molecule has 2 aromatic rings. The van der Waals surface area contributed by atoms with Gasteiger partial charge in [0.15, 0.2) is 0 Å². The van der Waals surface area contributed by atoms with Crippen LogP contribution in [0.1, 0.15) is 22.5 Å². The molecule has 3 rings (SSSR count). The maximum atomic E-state index is 12.5. The highest BCUT2D eigenvalue weighted by molar-refractivity contribution is 6.03. The van der Waals surface area contributed by atoms with Gasteiger partial charge in [-0.2, -0.15) is 0 Å². The number of hydrogen-bond donors (Lipinski definition) is 1. The first-order valence-electron chi connectivity index (χ1n) is 7.87. The van der Waals surface area contributed by atoms with Crippen molar-refractivity contribution >= 4 is 23.5 Å². The van der Waals surface area contributed by atoms with Crippen LogP contribution in [0.25, 0.3) is 0 Å². The SMILES string of the molecule is COC(=O)c1ccccc1NC(=O)[C@@H]1CC(=O)N(Cc2ccco2)C1. The van der Waals surface area contributed by atoms with E-state index >= 15 is 0 Å². The minimum atomic E-state index is -0.530. The van der Waals surface area contributed by atoms with Crippen LogP contribution in [0, 0.1) is 5.92 Å². The third-order valence-electron chi connectivity index (χ3n) is 4.10. The number of likely N-dealkylation sites (tertiary alicyclic amines) is 1. The van der Waals surface area contributed by atoms with E-state index in [2.05, 4.69) is 5.32 Å². The van der Waals surface area contributed by atoms with Gasteiger partial charge in [-0.1, -0.05) is 12.1 Å². The zero-order valence-corrected chi connectivity index (χ0v) is 13.7. The first kappa shape index (κ1) is 16.8. The van der Waals surface area contributed by atoms with Crippen molar-refractivity contribution in [2.45, 2.75) is 13.0 Å². The lowest BCUT2D eigenvalue weighted by Crippen LogP contribution is -2.28. The monoisotopic (exact) mass is 342 g/mol. The number of anilines is 1. The fourth-order valence-electron chi connectivity index (χ4n) is 2.81. The molecule has 2 heterocycles. The van der Waals surface area contributed by atoms with Gasteiger partial charge in [-0.15, -0.1) is 0 Å². The van der Waals surface area contributed by atoms with Crippen LogP contribution >= 0.6 is 0 Å². The summed E-state index contributed by atoms with van der Waals surface area (Å²) in [4.78, 5) is 38.0. The molecule has 1 aliphatic rings. The molecular weight excluding hydrogens is 324 g/mol. The van der Waals surface area contributed by atoms with E-state index in [1.165, 1.54) is 7.11 Å². The van der Waals surface area contributed by atoms with Crippen molar-refractivity contribution in [3.05, 3.63) is 54.0 Å². The number of para-hydroxylation sites is 1. The van der Waals surface area contributed by atoms with E-state index in [0.717, 1.165) is 0 Å². The molecule has 1 aromatic heterocycles. The van der Waals surface area contributed by atoms with Crippen LogP contribution in [-0.2, 0) is 20.9 Å². The van der Waals surface area contributed by atoms with Gasteiger partial charge in [0.05, 0.1) is 37.1 Å². The molecule has 1 aromatic carbocycles. The number of nitrogens with one attached hydrogen (secondary N) is 1. The van der Waals surface area contributed by atoms with Crippen molar-refractivity contribution in [1.29, 1.82) is 0 Å². The molecule has 0 bridgehead atoms. The van der Waals surface area contributed by atoms with E-state index in [4.69, 9.17) is 9.15 Å². The Balaban J connectivity index is 1.66. The summed E-state index contributed by atoms with van der Waals surface area (Å²) in [5, 5.41) is 2.73. The molecule has 7 heteroatoms. The highest BCUT2D eigenvalue weighted by Gasteiger charge is 2.35. The van der Waals surface area contributed by atoms with Gasteiger partial charge in [0.1, 0.15) is 5.76 Å². The molecular formula is C18H18N2O5. The number of methoxy groups -OCH3 is 1. The highest BCUT2D eigenvalue weighted by Crippen LogP contribution is 2.23. The molecule has 7 nitrogen and oxygen atoms in total. The van der Waals surface area contributed by atoms with Crippen LogP contribution in [-0.4, -0.2) is 36.3 Å². The summed E-state index contributed by atoms with van der Waals surface area (Å²) in [5.41, 5.74) is 0.645. The van der Waals surface area contributed by atoms with Crippen LogP contribution in [0.2, 0.25) is 0 Å². The number of carbonyl (C=O) groups excluding carboxylic acids is 3. The lowest BCUT2D eigenvalue weighted by Gasteiger charge is -2.15. The number of nitrogens with zero attached hydrogens (tertiary/aromatic N) is 1. The number of hydrogen-bond acceptors (Lipinski definition) is 5. The molecule has 0 aliphatic carbocycles. The predicted octanol–water partition coefficient (Wildman–Crippen LogP) is 2.05. The van der Waals surface area contributed by atoms with Crippen LogP contribution in [0.5, 0.6) is 0 Å². The third kappa shape index (κ3) is 3.71.